The molecular formula is C16H21F2NO2S. The minimum atomic E-state index is -4.16. The number of hydrogen-bond acceptors (Lipinski definition) is 2. The molecule has 0 N–H and O–H groups in total. The number of hydrogen-bond donors (Lipinski definition) is 0. The third-order valence-corrected chi connectivity index (χ3v) is 6.80. The van der Waals surface area contributed by atoms with Gasteiger partial charge in [-0.3, -0.25) is 0 Å². The van der Waals surface area contributed by atoms with Crippen LogP contribution in [0.25, 0.3) is 0 Å². The zero-order valence-electron chi connectivity index (χ0n) is 13.1. The van der Waals surface area contributed by atoms with E-state index in [0.717, 1.165) is 31.4 Å². The molecule has 6 heteroatoms. The Kier molecular flexibility index (Phi) is 3.42. The highest BCUT2D eigenvalue weighted by Gasteiger charge is 2.53. The van der Waals surface area contributed by atoms with E-state index in [9.17, 15) is 17.2 Å². The topological polar surface area (TPSA) is 37.4 Å². The average Bonchev–Trinajstić information content (AvgIpc) is 2.58. The maximum atomic E-state index is 13.9. The van der Waals surface area contributed by atoms with Crippen LogP contribution in [0, 0.1) is 22.5 Å². The van der Waals surface area contributed by atoms with Gasteiger partial charge in [0.2, 0.25) is 10.0 Å². The fourth-order valence-corrected chi connectivity index (χ4v) is 6.42. The Labute approximate surface area is 130 Å². The van der Waals surface area contributed by atoms with E-state index in [1.54, 1.807) is 0 Å². The first kappa shape index (κ1) is 15.9. The molecule has 1 aliphatic carbocycles. The highest BCUT2D eigenvalue weighted by Crippen LogP contribution is 2.53. The zero-order valence-corrected chi connectivity index (χ0v) is 13.9. The van der Waals surface area contributed by atoms with Gasteiger partial charge in [-0.25, -0.2) is 17.2 Å². The van der Waals surface area contributed by atoms with E-state index in [1.165, 1.54) is 10.4 Å². The maximum absolute atomic E-state index is 13.9. The third-order valence-electron chi connectivity index (χ3n) is 4.85. The Morgan fingerprint density at radius 2 is 1.73 bits per heavy atom. The van der Waals surface area contributed by atoms with Crippen molar-refractivity contribution in [1.82, 2.24) is 4.31 Å². The monoisotopic (exact) mass is 329 g/mol. The van der Waals surface area contributed by atoms with Crippen LogP contribution in [0.1, 0.15) is 40.0 Å². The van der Waals surface area contributed by atoms with E-state index in [4.69, 9.17) is 0 Å². The summed E-state index contributed by atoms with van der Waals surface area (Å²) in [5.74, 6) is -2.04. The van der Waals surface area contributed by atoms with Crippen molar-refractivity contribution in [2.75, 3.05) is 6.54 Å². The van der Waals surface area contributed by atoms with Crippen LogP contribution in [0.5, 0.6) is 0 Å². The standard InChI is InChI=1S/C16H21F2NO2S/c1-15(2)7-11-8-16(3,9-15)10-19(11)22(20,21)14-12(17)5-4-6-13(14)18/h4-6,11H,7-10H2,1-3H3. The lowest BCUT2D eigenvalue weighted by atomic mass is 9.65. The molecule has 0 amide bonds. The average molecular weight is 329 g/mol. The molecular weight excluding hydrogens is 308 g/mol. The Hall–Kier alpha value is -1.01. The molecule has 3 rings (SSSR count). The lowest BCUT2D eigenvalue weighted by Gasteiger charge is -2.39. The van der Waals surface area contributed by atoms with E-state index in [-0.39, 0.29) is 16.9 Å². The molecule has 2 unspecified atom stereocenters. The second-order valence-electron chi connectivity index (χ2n) is 7.81. The Balaban J connectivity index is 2.05. The van der Waals surface area contributed by atoms with Crippen LogP contribution in [0.2, 0.25) is 0 Å². The summed E-state index contributed by atoms with van der Waals surface area (Å²) in [4.78, 5) is -0.816. The number of benzene rings is 1. The van der Waals surface area contributed by atoms with Crippen LogP contribution in [0.3, 0.4) is 0 Å². The van der Waals surface area contributed by atoms with Gasteiger partial charge in [-0.2, -0.15) is 4.31 Å². The van der Waals surface area contributed by atoms with Crippen molar-refractivity contribution in [2.24, 2.45) is 10.8 Å². The lowest BCUT2D eigenvalue weighted by Crippen LogP contribution is -2.38. The van der Waals surface area contributed by atoms with Gasteiger partial charge in [0.15, 0.2) is 4.90 Å². The van der Waals surface area contributed by atoms with Crippen LogP contribution < -0.4 is 0 Å². The first-order chi connectivity index (χ1) is 10.0. The molecule has 0 spiro atoms. The summed E-state index contributed by atoms with van der Waals surface area (Å²) in [6.45, 7) is 6.64. The SMILES string of the molecule is CC1(C)CC2CC(C)(CN2S(=O)(=O)c2c(F)cccc2F)C1. The molecule has 2 bridgehead atoms. The van der Waals surface area contributed by atoms with Crippen molar-refractivity contribution in [3.8, 4) is 0 Å². The van der Waals surface area contributed by atoms with Crippen molar-refractivity contribution in [3.63, 3.8) is 0 Å². The molecule has 0 radical (unpaired) electrons. The molecule has 1 heterocycles. The predicted molar refractivity (Wildman–Crippen MR) is 79.8 cm³/mol. The van der Waals surface area contributed by atoms with Crippen molar-refractivity contribution >= 4 is 10.0 Å². The number of rotatable bonds is 2. The van der Waals surface area contributed by atoms with E-state index < -0.39 is 26.6 Å². The molecule has 122 valence electrons. The molecule has 1 saturated carbocycles. The summed E-state index contributed by atoms with van der Waals surface area (Å²) in [5.41, 5.74) is -0.0864. The van der Waals surface area contributed by atoms with Crippen LogP contribution in [0.4, 0.5) is 8.78 Å². The van der Waals surface area contributed by atoms with Crippen molar-refractivity contribution in [1.29, 1.82) is 0 Å². The minimum absolute atomic E-state index is 0.0374. The van der Waals surface area contributed by atoms with Gasteiger partial charge in [-0.15, -0.1) is 0 Å². The molecule has 2 atom stereocenters. The normalized spacial score (nSPS) is 31.4. The molecule has 1 aromatic rings. The van der Waals surface area contributed by atoms with Gasteiger partial charge in [-0.05, 0) is 42.2 Å². The first-order valence-electron chi connectivity index (χ1n) is 7.50. The summed E-state index contributed by atoms with van der Waals surface area (Å²) in [5, 5.41) is 0. The molecule has 1 aliphatic heterocycles. The Morgan fingerprint density at radius 1 is 1.14 bits per heavy atom. The number of nitrogens with zero attached hydrogens (tertiary/aromatic N) is 1. The fraction of sp³-hybridized carbons (Fsp3) is 0.625. The van der Waals surface area contributed by atoms with E-state index in [1.807, 2.05) is 0 Å². The number of fused-ring (bicyclic) bond motifs is 2. The lowest BCUT2D eigenvalue weighted by molar-refractivity contribution is 0.133. The molecule has 1 saturated heterocycles. The molecule has 2 fully saturated rings. The van der Waals surface area contributed by atoms with Gasteiger partial charge in [-0.1, -0.05) is 26.8 Å². The summed E-state index contributed by atoms with van der Waals surface area (Å²) in [6, 6.07) is 2.97. The Bertz CT molecular complexity index is 697. The van der Waals surface area contributed by atoms with Gasteiger partial charge in [0, 0.05) is 12.6 Å². The van der Waals surface area contributed by atoms with Crippen molar-refractivity contribution in [3.05, 3.63) is 29.8 Å². The fourth-order valence-electron chi connectivity index (χ4n) is 4.54. The van der Waals surface area contributed by atoms with Gasteiger partial charge in [0.1, 0.15) is 11.6 Å². The number of halogens is 2. The summed E-state index contributed by atoms with van der Waals surface area (Å²) in [7, 11) is -4.16. The molecule has 22 heavy (non-hydrogen) atoms. The van der Waals surface area contributed by atoms with E-state index in [0.29, 0.717) is 6.54 Å². The third kappa shape index (κ3) is 2.46. The maximum Gasteiger partial charge on any atom is 0.249 e. The summed E-state index contributed by atoms with van der Waals surface area (Å²) in [6.07, 6.45) is 2.39. The van der Waals surface area contributed by atoms with Crippen LogP contribution >= 0.6 is 0 Å². The highest BCUT2D eigenvalue weighted by molar-refractivity contribution is 7.89. The van der Waals surface area contributed by atoms with Gasteiger partial charge < -0.3 is 0 Å². The van der Waals surface area contributed by atoms with Crippen LogP contribution in [-0.2, 0) is 10.0 Å². The van der Waals surface area contributed by atoms with E-state index >= 15 is 0 Å². The quantitative estimate of drug-likeness (QED) is 0.832. The highest BCUT2D eigenvalue weighted by atomic mass is 32.2. The predicted octanol–water partition coefficient (Wildman–Crippen LogP) is 3.55. The molecule has 2 aliphatic rings. The zero-order chi connectivity index (χ0) is 16.3. The Morgan fingerprint density at radius 3 is 2.32 bits per heavy atom. The largest absolute Gasteiger partial charge is 0.249 e. The molecule has 1 aromatic carbocycles. The number of sulfonamides is 1. The second-order valence-corrected chi connectivity index (χ2v) is 9.64. The van der Waals surface area contributed by atoms with Crippen molar-refractivity contribution in [2.45, 2.75) is 51.0 Å². The summed E-state index contributed by atoms with van der Waals surface area (Å²) < 4.78 is 54.8. The van der Waals surface area contributed by atoms with E-state index in [2.05, 4.69) is 20.8 Å². The van der Waals surface area contributed by atoms with Gasteiger partial charge >= 0.3 is 0 Å². The van der Waals surface area contributed by atoms with Gasteiger partial charge in [0.25, 0.3) is 0 Å². The smallest absolute Gasteiger partial charge is 0.207 e. The summed E-state index contributed by atoms with van der Waals surface area (Å²) >= 11 is 0. The van der Waals surface area contributed by atoms with Crippen LogP contribution in [0.15, 0.2) is 23.1 Å². The van der Waals surface area contributed by atoms with Crippen molar-refractivity contribution < 1.29 is 17.2 Å². The first-order valence-corrected chi connectivity index (χ1v) is 8.94. The van der Waals surface area contributed by atoms with Gasteiger partial charge in [0.05, 0.1) is 0 Å². The minimum Gasteiger partial charge on any atom is -0.207 e. The second kappa shape index (κ2) is 4.74. The molecule has 0 aromatic heterocycles. The van der Waals surface area contributed by atoms with Crippen LogP contribution in [-0.4, -0.2) is 25.3 Å². The molecule has 3 nitrogen and oxygen atoms in total.